The van der Waals surface area contributed by atoms with Gasteiger partial charge in [0.1, 0.15) is 6.54 Å². The second kappa shape index (κ2) is 5.12. The average molecular weight is 288 g/mol. The summed E-state index contributed by atoms with van der Waals surface area (Å²) in [6, 6.07) is 7.75. The third-order valence-electron chi connectivity index (χ3n) is 3.95. The Kier molecular flexibility index (Phi) is 3.29. The Morgan fingerprint density at radius 3 is 2.81 bits per heavy atom. The van der Waals surface area contributed by atoms with E-state index in [1.807, 2.05) is 28.8 Å². The second-order valence-corrected chi connectivity index (χ2v) is 5.06. The van der Waals surface area contributed by atoms with E-state index in [2.05, 4.69) is 0 Å². The number of rotatable bonds is 2. The fraction of sp³-hybridized carbons (Fsp3) is 0.333. The molecular weight excluding hydrogens is 272 g/mol. The molecule has 0 saturated heterocycles. The van der Waals surface area contributed by atoms with Crippen molar-refractivity contribution >= 4 is 23.0 Å². The maximum atomic E-state index is 11.6. The molecule has 6 heteroatoms. The zero-order valence-electron chi connectivity index (χ0n) is 11.7. The minimum atomic E-state index is -0.912. The number of carboxylic acid groups (broad SMARTS) is 1. The third-order valence-corrected chi connectivity index (χ3v) is 3.95. The predicted molar refractivity (Wildman–Crippen MR) is 76.1 cm³/mol. The highest BCUT2D eigenvalue weighted by Gasteiger charge is 2.26. The predicted octanol–water partition coefficient (Wildman–Crippen LogP) is 1.85. The molecule has 3 rings (SSSR count). The van der Waals surface area contributed by atoms with Crippen molar-refractivity contribution in [3.05, 3.63) is 35.5 Å². The number of carbonyl (C=O) groups is 2. The molecule has 2 aromatic rings. The lowest BCUT2D eigenvalue weighted by Gasteiger charge is -2.25. The van der Waals surface area contributed by atoms with Gasteiger partial charge in [0.05, 0.1) is 13.7 Å². The normalized spacial score (nSPS) is 14.0. The number of benzene rings is 1. The molecule has 1 aliphatic rings. The summed E-state index contributed by atoms with van der Waals surface area (Å²) >= 11 is 0. The first-order valence-corrected chi connectivity index (χ1v) is 6.75. The minimum Gasteiger partial charge on any atom is -0.468 e. The summed E-state index contributed by atoms with van der Waals surface area (Å²) in [4.78, 5) is 24.2. The molecule has 0 radical (unpaired) electrons. The maximum Gasteiger partial charge on any atom is 0.407 e. The van der Waals surface area contributed by atoms with Gasteiger partial charge < -0.3 is 19.3 Å². The molecule has 0 saturated carbocycles. The van der Waals surface area contributed by atoms with Crippen LogP contribution in [0.2, 0.25) is 0 Å². The number of fused-ring (bicyclic) bond motifs is 3. The van der Waals surface area contributed by atoms with Gasteiger partial charge in [-0.3, -0.25) is 4.79 Å². The molecule has 0 bridgehead atoms. The van der Waals surface area contributed by atoms with Crippen molar-refractivity contribution in [1.29, 1.82) is 0 Å². The van der Waals surface area contributed by atoms with Gasteiger partial charge >= 0.3 is 12.1 Å². The number of aromatic nitrogens is 1. The average Bonchev–Trinajstić information content (AvgIpc) is 2.81. The van der Waals surface area contributed by atoms with Crippen molar-refractivity contribution in [3.8, 4) is 0 Å². The van der Waals surface area contributed by atoms with E-state index in [-0.39, 0.29) is 12.5 Å². The SMILES string of the molecule is COC(=O)Cn1c2c(c3ccccc31)CN(C(=O)O)CC2. The lowest BCUT2D eigenvalue weighted by molar-refractivity contribution is -0.141. The van der Waals surface area contributed by atoms with E-state index < -0.39 is 6.09 Å². The van der Waals surface area contributed by atoms with E-state index in [1.54, 1.807) is 0 Å². The van der Waals surface area contributed by atoms with Crippen molar-refractivity contribution in [3.63, 3.8) is 0 Å². The van der Waals surface area contributed by atoms with Crippen molar-refractivity contribution < 1.29 is 19.4 Å². The topological polar surface area (TPSA) is 71.8 Å². The maximum absolute atomic E-state index is 11.6. The van der Waals surface area contributed by atoms with Crippen molar-refractivity contribution in [1.82, 2.24) is 9.47 Å². The highest BCUT2D eigenvalue weighted by Crippen LogP contribution is 2.30. The summed E-state index contributed by atoms with van der Waals surface area (Å²) in [7, 11) is 1.37. The van der Waals surface area contributed by atoms with E-state index in [9.17, 15) is 14.7 Å². The van der Waals surface area contributed by atoms with Crippen LogP contribution in [0.3, 0.4) is 0 Å². The van der Waals surface area contributed by atoms with Gasteiger partial charge in [0, 0.05) is 35.1 Å². The molecule has 1 aromatic heterocycles. The summed E-state index contributed by atoms with van der Waals surface area (Å²) in [6.07, 6.45) is -0.307. The number of hydrogen-bond acceptors (Lipinski definition) is 3. The molecule has 1 N–H and O–H groups in total. The number of carbonyl (C=O) groups excluding carboxylic acids is 1. The Balaban J connectivity index is 2.12. The smallest absolute Gasteiger partial charge is 0.407 e. The van der Waals surface area contributed by atoms with E-state index in [4.69, 9.17) is 4.74 Å². The number of para-hydroxylation sites is 1. The molecule has 6 nitrogen and oxygen atoms in total. The van der Waals surface area contributed by atoms with E-state index in [1.165, 1.54) is 12.0 Å². The van der Waals surface area contributed by atoms with Gasteiger partial charge in [-0.1, -0.05) is 18.2 Å². The van der Waals surface area contributed by atoms with Crippen LogP contribution in [0.4, 0.5) is 4.79 Å². The molecule has 1 amide bonds. The lowest BCUT2D eigenvalue weighted by Crippen LogP contribution is -2.35. The monoisotopic (exact) mass is 288 g/mol. The first-order chi connectivity index (χ1) is 10.1. The summed E-state index contributed by atoms with van der Waals surface area (Å²) in [5.41, 5.74) is 2.96. The largest absolute Gasteiger partial charge is 0.468 e. The molecule has 0 atom stereocenters. The van der Waals surface area contributed by atoms with E-state index in [0.29, 0.717) is 19.5 Å². The Morgan fingerprint density at radius 2 is 2.10 bits per heavy atom. The standard InChI is InChI=1S/C15H16N2O4/c1-21-14(18)9-17-12-5-3-2-4-10(12)11-8-16(15(19)20)7-6-13(11)17/h2-5H,6-9H2,1H3,(H,19,20). The Hall–Kier alpha value is -2.50. The van der Waals surface area contributed by atoms with Crippen LogP contribution in [0.25, 0.3) is 10.9 Å². The first-order valence-electron chi connectivity index (χ1n) is 6.75. The molecule has 0 spiro atoms. The van der Waals surface area contributed by atoms with Crippen molar-refractivity contribution in [2.24, 2.45) is 0 Å². The van der Waals surface area contributed by atoms with Crippen LogP contribution in [0.1, 0.15) is 11.3 Å². The lowest BCUT2D eigenvalue weighted by atomic mass is 10.0. The van der Waals surface area contributed by atoms with Crippen LogP contribution in [0.15, 0.2) is 24.3 Å². The van der Waals surface area contributed by atoms with Crippen LogP contribution in [0.5, 0.6) is 0 Å². The number of amides is 1. The molecule has 110 valence electrons. The molecule has 21 heavy (non-hydrogen) atoms. The van der Waals surface area contributed by atoms with Gasteiger partial charge in [-0.05, 0) is 6.07 Å². The van der Waals surface area contributed by atoms with Crippen LogP contribution < -0.4 is 0 Å². The van der Waals surface area contributed by atoms with Gasteiger partial charge in [0.2, 0.25) is 0 Å². The quantitative estimate of drug-likeness (QED) is 0.856. The number of hydrogen-bond donors (Lipinski definition) is 1. The Labute approximate surface area is 121 Å². The molecule has 1 aromatic carbocycles. The van der Waals surface area contributed by atoms with Crippen molar-refractivity contribution in [2.45, 2.75) is 19.5 Å². The minimum absolute atomic E-state index is 0.152. The van der Waals surface area contributed by atoms with Gasteiger partial charge in [0.15, 0.2) is 0 Å². The highest BCUT2D eigenvalue weighted by molar-refractivity contribution is 5.87. The van der Waals surface area contributed by atoms with Crippen LogP contribution in [0, 0.1) is 0 Å². The van der Waals surface area contributed by atoms with Crippen LogP contribution in [-0.2, 0) is 29.0 Å². The number of nitrogens with zero attached hydrogens (tertiary/aromatic N) is 2. The molecule has 0 unspecified atom stereocenters. The van der Waals surface area contributed by atoms with Crippen LogP contribution in [-0.4, -0.2) is 40.3 Å². The van der Waals surface area contributed by atoms with E-state index in [0.717, 1.165) is 22.2 Å². The highest BCUT2D eigenvalue weighted by atomic mass is 16.5. The second-order valence-electron chi connectivity index (χ2n) is 5.06. The van der Waals surface area contributed by atoms with Crippen LogP contribution >= 0.6 is 0 Å². The molecule has 0 aliphatic carbocycles. The fourth-order valence-corrected chi connectivity index (χ4v) is 2.94. The Morgan fingerprint density at radius 1 is 1.33 bits per heavy atom. The van der Waals surface area contributed by atoms with Gasteiger partial charge in [0.25, 0.3) is 0 Å². The van der Waals surface area contributed by atoms with Gasteiger partial charge in [-0.2, -0.15) is 0 Å². The van der Waals surface area contributed by atoms with E-state index >= 15 is 0 Å². The van der Waals surface area contributed by atoms with Gasteiger partial charge in [-0.25, -0.2) is 4.79 Å². The number of ether oxygens (including phenoxy) is 1. The Bertz CT molecular complexity index is 720. The van der Waals surface area contributed by atoms with Crippen molar-refractivity contribution in [2.75, 3.05) is 13.7 Å². The fourth-order valence-electron chi connectivity index (χ4n) is 2.94. The molecule has 0 fully saturated rings. The summed E-state index contributed by atoms with van der Waals surface area (Å²) in [6.45, 7) is 0.957. The zero-order valence-corrected chi connectivity index (χ0v) is 11.7. The molecular formula is C15H16N2O4. The summed E-state index contributed by atoms with van der Waals surface area (Å²) in [5.74, 6) is -0.306. The molecule has 1 aliphatic heterocycles. The third kappa shape index (κ3) is 2.22. The summed E-state index contributed by atoms with van der Waals surface area (Å²) in [5, 5.41) is 10.2. The number of methoxy groups -OCH3 is 1. The summed E-state index contributed by atoms with van der Waals surface area (Å²) < 4.78 is 6.70. The van der Waals surface area contributed by atoms with Gasteiger partial charge in [-0.15, -0.1) is 0 Å². The zero-order chi connectivity index (χ0) is 15.0. The first kappa shape index (κ1) is 13.5. The number of esters is 1. The molecule has 2 heterocycles.